The van der Waals surface area contributed by atoms with Crippen molar-refractivity contribution in [1.29, 1.82) is 0 Å². The van der Waals surface area contributed by atoms with Crippen molar-refractivity contribution in [2.75, 3.05) is 0 Å². The second kappa shape index (κ2) is 10.7. The summed E-state index contributed by atoms with van der Waals surface area (Å²) in [6.45, 7) is 5.05. The molecule has 5 nitrogen and oxygen atoms in total. The van der Waals surface area contributed by atoms with E-state index in [1.165, 1.54) is 0 Å². The van der Waals surface area contributed by atoms with Crippen LogP contribution in [0.15, 0.2) is 73.1 Å². The second-order valence-electron chi connectivity index (χ2n) is 9.91. The summed E-state index contributed by atoms with van der Waals surface area (Å²) < 4.78 is 46.4. The summed E-state index contributed by atoms with van der Waals surface area (Å²) in [4.78, 5) is 17.1. The van der Waals surface area contributed by atoms with E-state index in [9.17, 15) is 18.0 Å². The van der Waals surface area contributed by atoms with Gasteiger partial charge in [-0.1, -0.05) is 41.9 Å². The van der Waals surface area contributed by atoms with Crippen molar-refractivity contribution >= 4 is 28.4 Å². The number of halogens is 4. The highest BCUT2D eigenvalue weighted by molar-refractivity contribution is 6.30. The molecule has 0 radical (unpaired) electrons. The third kappa shape index (κ3) is 6.13. The highest BCUT2D eigenvalue weighted by atomic mass is 35.5. The van der Waals surface area contributed by atoms with Gasteiger partial charge in [0.1, 0.15) is 0 Å². The number of amides is 1. The molecular weight excluding hydrogens is 515 g/mol. The number of para-hydroxylation sites is 1. The number of carbonyl (C=O) groups excluding carboxylic acids is 1. The summed E-state index contributed by atoms with van der Waals surface area (Å²) in [5, 5.41) is 4.82. The number of rotatable bonds is 8. The molecule has 0 aliphatic heterocycles. The summed E-state index contributed by atoms with van der Waals surface area (Å²) in [6.07, 6.45) is -1.08. The molecule has 1 amide bonds. The number of aryl methyl sites for hydroxylation is 1. The number of hydrogen-bond acceptors (Lipinski definition) is 3. The fourth-order valence-corrected chi connectivity index (χ4v) is 4.62. The molecule has 2 heterocycles. The number of nitrogens with one attached hydrogen (secondary N) is 1. The van der Waals surface area contributed by atoms with Gasteiger partial charge < -0.3 is 14.6 Å². The van der Waals surface area contributed by atoms with Crippen LogP contribution in [-0.4, -0.2) is 27.1 Å². The summed E-state index contributed by atoms with van der Waals surface area (Å²) in [5.41, 5.74) is 0.969. The van der Waals surface area contributed by atoms with Crippen LogP contribution in [0.4, 0.5) is 13.2 Å². The van der Waals surface area contributed by atoms with E-state index in [-0.39, 0.29) is 17.8 Å². The molecule has 200 valence electrons. The van der Waals surface area contributed by atoms with Crippen LogP contribution in [0, 0.1) is 0 Å². The smallest absolute Gasteiger partial charge is 0.417 e. The molecule has 9 heteroatoms. The predicted octanol–water partition coefficient (Wildman–Crippen LogP) is 6.93. The zero-order valence-electron chi connectivity index (χ0n) is 21.5. The van der Waals surface area contributed by atoms with E-state index in [0.717, 1.165) is 34.2 Å². The van der Waals surface area contributed by atoms with Crippen molar-refractivity contribution in [2.45, 2.75) is 50.9 Å². The number of benzene rings is 2. The molecule has 4 aromatic rings. The van der Waals surface area contributed by atoms with E-state index in [2.05, 4.69) is 33.2 Å². The quantitative estimate of drug-likeness (QED) is 0.262. The van der Waals surface area contributed by atoms with E-state index in [1.807, 2.05) is 50.4 Å². The molecular formula is C29H29ClF3N3O2. The molecule has 0 aliphatic carbocycles. The Kier molecular flexibility index (Phi) is 7.74. The molecule has 2 aromatic carbocycles. The molecule has 0 bridgehead atoms. The number of nitrogens with zero attached hydrogens (tertiary/aromatic N) is 2. The molecule has 0 saturated carbocycles. The molecule has 4 rings (SSSR count). The lowest BCUT2D eigenvalue weighted by molar-refractivity contribution is -0.138. The Morgan fingerprint density at radius 2 is 1.76 bits per heavy atom. The zero-order valence-corrected chi connectivity index (χ0v) is 22.3. The highest BCUT2D eigenvalue weighted by Gasteiger charge is 2.35. The van der Waals surface area contributed by atoms with Crippen molar-refractivity contribution in [3.8, 4) is 5.88 Å². The SMILES string of the molecule is CC(NC(=O)C(C)(C)Oc1ccc(C(F)(F)F)cn1)C(Cc1ccc(Cl)cc1)c1cn(C)c2ccccc12. The van der Waals surface area contributed by atoms with Crippen LogP contribution in [0.5, 0.6) is 5.88 Å². The van der Waals surface area contributed by atoms with Crippen LogP contribution < -0.4 is 10.1 Å². The summed E-state index contributed by atoms with van der Waals surface area (Å²) in [6, 6.07) is 17.4. The Balaban J connectivity index is 1.57. The van der Waals surface area contributed by atoms with Gasteiger partial charge in [-0.15, -0.1) is 0 Å². The van der Waals surface area contributed by atoms with E-state index in [0.29, 0.717) is 17.6 Å². The first-order valence-corrected chi connectivity index (χ1v) is 12.5. The molecule has 0 fully saturated rings. The largest absolute Gasteiger partial charge is 0.462 e. The van der Waals surface area contributed by atoms with Crippen molar-refractivity contribution in [1.82, 2.24) is 14.9 Å². The number of pyridine rings is 1. The summed E-state index contributed by atoms with van der Waals surface area (Å²) in [7, 11) is 1.99. The van der Waals surface area contributed by atoms with Crippen LogP contribution in [0.3, 0.4) is 0 Å². The molecule has 0 spiro atoms. The van der Waals surface area contributed by atoms with Gasteiger partial charge in [0.15, 0.2) is 5.60 Å². The summed E-state index contributed by atoms with van der Waals surface area (Å²) >= 11 is 6.09. The topological polar surface area (TPSA) is 56.1 Å². The van der Waals surface area contributed by atoms with Gasteiger partial charge in [-0.2, -0.15) is 13.2 Å². The normalized spacial score (nSPS) is 13.8. The van der Waals surface area contributed by atoms with Gasteiger partial charge >= 0.3 is 6.18 Å². The van der Waals surface area contributed by atoms with Crippen LogP contribution in [-0.2, 0) is 24.4 Å². The minimum absolute atomic E-state index is 0.0717. The third-order valence-electron chi connectivity index (χ3n) is 6.63. The van der Waals surface area contributed by atoms with Crippen LogP contribution in [0.1, 0.15) is 43.4 Å². The third-order valence-corrected chi connectivity index (χ3v) is 6.88. The zero-order chi connectivity index (χ0) is 27.7. The maximum absolute atomic E-state index is 13.3. The molecule has 2 aromatic heterocycles. The Morgan fingerprint density at radius 1 is 1.08 bits per heavy atom. The average Bonchev–Trinajstić information content (AvgIpc) is 3.19. The molecule has 2 atom stereocenters. The average molecular weight is 544 g/mol. The number of fused-ring (bicyclic) bond motifs is 1. The Labute approximate surface area is 224 Å². The van der Waals surface area contributed by atoms with E-state index in [4.69, 9.17) is 16.3 Å². The first-order chi connectivity index (χ1) is 17.8. The lowest BCUT2D eigenvalue weighted by atomic mass is 9.86. The maximum Gasteiger partial charge on any atom is 0.417 e. The monoisotopic (exact) mass is 543 g/mol. The van der Waals surface area contributed by atoms with Gasteiger partial charge in [0.25, 0.3) is 5.91 Å². The van der Waals surface area contributed by atoms with Gasteiger partial charge in [0.05, 0.1) is 5.56 Å². The van der Waals surface area contributed by atoms with Gasteiger partial charge in [-0.05, 0) is 62.6 Å². The van der Waals surface area contributed by atoms with E-state index in [1.54, 1.807) is 13.8 Å². The predicted molar refractivity (Wildman–Crippen MR) is 142 cm³/mol. The van der Waals surface area contributed by atoms with E-state index >= 15 is 0 Å². The van der Waals surface area contributed by atoms with Crippen LogP contribution in [0.25, 0.3) is 10.9 Å². The van der Waals surface area contributed by atoms with Gasteiger partial charge in [-0.3, -0.25) is 4.79 Å². The molecule has 38 heavy (non-hydrogen) atoms. The van der Waals surface area contributed by atoms with Crippen LogP contribution in [0.2, 0.25) is 5.02 Å². The van der Waals surface area contributed by atoms with E-state index < -0.39 is 23.2 Å². The van der Waals surface area contributed by atoms with Crippen LogP contribution >= 0.6 is 11.6 Å². The van der Waals surface area contributed by atoms with Gasteiger partial charge in [-0.25, -0.2) is 4.98 Å². The van der Waals surface area contributed by atoms with Crippen molar-refractivity contribution < 1.29 is 22.7 Å². The lowest BCUT2D eigenvalue weighted by Gasteiger charge is -2.30. The van der Waals surface area contributed by atoms with Gasteiger partial charge in [0.2, 0.25) is 5.88 Å². The minimum Gasteiger partial charge on any atom is -0.462 e. The standard InChI is InChI=1S/C29H29ClF3N3O2/c1-18(35-27(37)28(2,3)38-26-14-11-20(16-34-26)29(31,32)33)23(15-19-9-12-21(30)13-10-19)24-17-36(4)25-8-6-5-7-22(24)25/h5-14,16-18,23H,15H2,1-4H3,(H,35,37). The van der Waals surface area contributed by atoms with Crippen molar-refractivity contribution in [3.05, 3.63) is 94.8 Å². The number of carbonyl (C=O) groups is 1. The number of alkyl halides is 3. The summed E-state index contributed by atoms with van der Waals surface area (Å²) in [5.74, 6) is -0.572. The Bertz CT molecular complexity index is 1410. The fraction of sp³-hybridized carbons (Fsp3) is 0.310. The fourth-order valence-electron chi connectivity index (χ4n) is 4.50. The van der Waals surface area contributed by atoms with Crippen molar-refractivity contribution in [2.24, 2.45) is 7.05 Å². The molecule has 0 aliphatic rings. The number of ether oxygens (including phenoxy) is 1. The first kappa shape index (κ1) is 27.5. The van der Waals surface area contributed by atoms with Gasteiger partial charge in [0, 0.05) is 53.4 Å². The molecule has 2 unspecified atom stereocenters. The van der Waals surface area contributed by atoms with Crippen molar-refractivity contribution in [3.63, 3.8) is 0 Å². The number of hydrogen-bond donors (Lipinski definition) is 1. The number of aromatic nitrogens is 2. The Morgan fingerprint density at radius 3 is 2.39 bits per heavy atom. The first-order valence-electron chi connectivity index (χ1n) is 12.2. The molecule has 0 saturated heterocycles. The minimum atomic E-state index is -4.51. The second-order valence-corrected chi connectivity index (χ2v) is 10.3. The Hall–Kier alpha value is -3.52. The highest BCUT2D eigenvalue weighted by Crippen LogP contribution is 2.33. The lowest BCUT2D eigenvalue weighted by Crippen LogP contribution is -2.51. The maximum atomic E-state index is 13.3. The molecule has 1 N–H and O–H groups in total.